The lowest BCUT2D eigenvalue weighted by Crippen LogP contribution is -2.40. The molecule has 0 atom stereocenters. The van der Waals surface area contributed by atoms with Crippen molar-refractivity contribution in [1.29, 1.82) is 0 Å². The number of hydrogen-bond acceptors (Lipinski definition) is 2. The van der Waals surface area contributed by atoms with E-state index in [0.29, 0.717) is 12.5 Å². The smallest absolute Gasteiger partial charge is 0.211 e. The first-order valence-electron chi connectivity index (χ1n) is 6.03. The van der Waals surface area contributed by atoms with Gasteiger partial charge in [0.25, 0.3) is 0 Å². The van der Waals surface area contributed by atoms with Crippen LogP contribution in [0.25, 0.3) is 0 Å². The van der Waals surface area contributed by atoms with Gasteiger partial charge in [0.05, 0.1) is 0 Å². The summed E-state index contributed by atoms with van der Waals surface area (Å²) in [5.41, 5.74) is 0. The minimum absolute atomic E-state index is 0.0502. The Morgan fingerprint density at radius 1 is 1.31 bits per heavy atom. The van der Waals surface area contributed by atoms with Crippen molar-refractivity contribution < 1.29 is 8.42 Å². The molecule has 0 amide bonds. The highest BCUT2D eigenvalue weighted by Gasteiger charge is 2.30. The summed E-state index contributed by atoms with van der Waals surface area (Å²) >= 11 is 3.10. The Hall–Kier alpha value is 0.390. The molecule has 0 aromatic heterocycles. The minimum atomic E-state index is -3.09. The van der Waals surface area contributed by atoms with E-state index in [0.717, 1.165) is 19.3 Å². The fraction of sp³-hybridized carbons (Fsp3) is 1.00. The molecule has 0 N–H and O–H groups in total. The SMILES string of the molecule is CC(C)CCN(C1CCCC1)S(=O)(=O)CBr. The van der Waals surface area contributed by atoms with Crippen LogP contribution in [-0.2, 0) is 10.0 Å². The van der Waals surface area contributed by atoms with Crippen molar-refractivity contribution in [2.24, 2.45) is 5.92 Å². The topological polar surface area (TPSA) is 37.4 Å². The highest BCUT2D eigenvalue weighted by molar-refractivity contribution is 9.10. The molecule has 1 rings (SSSR count). The second-order valence-electron chi connectivity index (χ2n) is 4.95. The van der Waals surface area contributed by atoms with E-state index in [2.05, 4.69) is 29.8 Å². The summed E-state index contributed by atoms with van der Waals surface area (Å²) in [4.78, 5) is 0. The van der Waals surface area contributed by atoms with E-state index in [4.69, 9.17) is 0 Å². The molecule has 0 radical (unpaired) electrons. The largest absolute Gasteiger partial charge is 0.224 e. The monoisotopic (exact) mass is 311 g/mol. The van der Waals surface area contributed by atoms with Gasteiger partial charge in [-0.05, 0) is 25.2 Å². The Labute approximate surface area is 108 Å². The second-order valence-corrected chi connectivity index (χ2v) is 8.18. The summed E-state index contributed by atoms with van der Waals surface area (Å²) in [5.74, 6) is 0.550. The van der Waals surface area contributed by atoms with Gasteiger partial charge in [-0.15, -0.1) is 0 Å². The molecular weight excluding hydrogens is 290 g/mol. The van der Waals surface area contributed by atoms with Crippen LogP contribution in [0.15, 0.2) is 0 Å². The Kier molecular flexibility index (Phi) is 5.74. The number of rotatable bonds is 6. The first-order chi connectivity index (χ1) is 7.47. The zero-order valence-corrected chi connectivity index (χ0v) is 12.6. The summed E-state index contributed by atoms with van der Waals surface area (Å²) in [6.07, 6.45) is 5.35. The van der Waals surface area contributed by atoms with Gasteiger partial charge < -0.3 is 0 Å². The fourth-order valence-corrected chi connectivity index (χ4v) is 4.15. The van der Waals surface area contributed by atoms with Crippen molar-refractivity contribution in [1.82, 2.24) is 4.31 Å². The predicted molar refractivity (Wildman–Crippen MR) is 71.1 cm³/mol. The maximum absolute atomic E-state index is 12.0. The van der Waals surface area contributed by atoms with E-state index in [9.17, 15) is 8.42 Å². The van der Waals surface area contributed by atoms with Gasteiger partial charge in [-0.2, -0.15) is 4.31 Å². The molecule has 5 heteroatoms. The number of sulfonamides is 1. The molecule has 0 spiro atoms. The number of alkyl halides is 1. The Morgan fingerprint density at radius 2 is 1.88 bits per heavy atom. The molecule has 1 aliphatic rings. The van der Waals surface area contributed by atoms with E-state index in [1.54, 1.807) is 4.31 Å². The molecule has 0 unspecified atom stereocenters. The van der Waals surface area contributed by atoms with Crippen LogP contribution in [-0.4, -0.2) is 30.0 Å². The van der Waals surface area contributed by atoms with Gasteiger partial charge in [-0.3, -0.25) is 0 Å². The van der Waals surface area contributed by atoms with Crippen LogP contribution in [0.4, 0.5) is 0 Å². The van der Waals surface area contributed by atoms with Gasteiger partial charge >= 0.3 is 0 Å². The highest BCUT2D eigenvalue weighted by Crippen LogP contribution is 2.27. The zero-order chi connectivity index (χ0) is 12.2. The molecule has 0 heterocycles. The third kappa shape index (κ3) is 4.00. The third-order valence-corrected chi connectivity index (χ3v) is 6.36. The molecular formula is C11H22BrNO2S. The quantitative estimate of drug-likeness (QED) is 0.707. The van der Waals surface area contributed by atoms with Gasteiger partial charge in [0, 0.05) is 12.6 Å². The van der Waals surface area contributed by atoms with Crippen molar-refractivity contribution in [3.8, 4) is 0 Å². The maximum atomic E-state index is 12.0. The molecule has 1 fully saturated rings. The third-order valence-electron chi connectivity index (χ3n) is 3.15. The van der Waals surface area contributed by atoms with Gasteiger partial charge in [0.1, 0.15) is 4.66 Å². The van der Waals surface area contributed by atoms with Crippen LogP contribution in [0.2, 0.25) is 0 Å². The lowest BCUT2D eigenvalue weighted by Gasteiger charge is -2.27. The van der Waals surface area contributed by atoms with Crippen molar-refractivity contribution in [2.45, 2.75) is 52.0 Å². The minimum Gasteiger partial charge on any atom is -0.211 e. The van der Waals surface area contributed by atoms with Crippen molar-refractivity contribution in [2.75, 3.05) is 11.2 Å². The molecule has 1 saturated carbocycles. The Balaban J connectivity index is 2.68. The average molecular weight is 312 g/mol. The number of hydrogen-bond donors (Lipinski definition) is 0. The molecule has 0 saturated heterocycles. The summed E-state index contributed by atoms with van der Waals surface area (Å²) in [5, 5.41) is 0. The molecule has 0 bridgehead atoms. The summed E-state index contributed by atoms with van der Waals surface area (Å²) in [7, 11) is -3.09. The molecule has 16 heavy (non-hydrogen) atoms. The van der Waals surface area contributed by atoms with Gasteiger partial charge in [-0.25, -0.2) is 8.42 Å². The molecule has 0 aliphatic heterocycles. The normalized spacial score (nSPS) is 18.8. The maximum Gasteiger partial charge on any atom is 0.224 e. The van der Waals surface area contributed by atoms with Crippen LogP contribution in [0.1, 0.15) is 46.0 Å². The summed E-state index contributed by atoms with van der Waals surface area (Å²) in [6, 6.07) is 0.251. The van der Waals surface area contributed by atoms with Gasteiger partial charge in [0.15, 0.2) is 0 Å². The summed E-state index contributed by atoms with van der Waals surface area (Å²) in [6.45, 7) is 4.94. The van der Waals surface area contributed by atoms with Gasteiger partial charge in [-0.1, -0.05) is 42.6 Å². The molecule has 0 aromatic carbocycles. The van der Waals surface area contributed by atoms with E-state index < -0.39 is 10.0 Å². The van der Waals surface area contributed by atoms with E-state index >= 15 is 0 Å². The average Bonchev–Trinajstić information content (AvgIpc) is 2.70. The van der Waals surface area contributed by atoms with E-state index in [1.165, 1.54) is 12.8 Å². The van der Waals surface area contributed by atoms with Crippen LogP contribution in [0.5, 0.6) is 0 Å². The summed E-state index contributed by atoms with van der Waals surface area (Å²) < 4.78 is 25.7. The number of halogens is 1. The first kappa shape index (κ1) is 14.5. The van der Waals surface area contributed by atoms with Crippen LogP contribution < -0.4 is 0 Å². The zero-order valence-electron chi connectivity index (χ0n) is 10.2. The lowest BCUT2D eigenvalue weighted by molar-refractivity contribution is 0.306. The Morgan fingerprint density at radius 3 is 2.31 bits per heavy atom. The Bertz CT molecular complexity index is 297. The van der Waals surface area contributed by atoms with E-state index in [1.807, 2.05) is 0 Å². The van der Waals surface area contributed by atoms with Crippen molar-refractivity contribution in [3.63, 3.8) is 0 Å². The van der Waals surface area contributed by atoms with Crippen molar-refractivity contribution in [3.05, 3.63) is 0 Å². The number of nitrogens with zero attached hydrogens (tertiary/aromatic N) is 1. The lowest BCUT2D eigenvalue weighted by atomic mass is 10.1. The van der Waals surface area contributed by atoms with Crippen LogP contribution >= 0.6 is 15.9 Å². The molecule has 96 valence electrons. The van der Waals surface area contributed by atoms with Crippen LogP contribution in [0, 0.1) is 5.92 Å². The van der Waals surface area contributed by atoms with Crippen molar-refractivity contribution >= 4 is 26.0 Å². The van der Waals surface area contributed by atoms with Gasteiger partial charge in [0.2, 0.25) is 10.0 Å². The molecule has 0 aromatic rings. The standard InChI is InChI=1S/C11H22BrNO2S/c1-10(2)7-8-13(16(14,15)9-12)11-5-3-4-6-11/h10-11H,3-9H2,1-2H3. The molecule has 3 nitrogen and oxygen atoms in total. The highest BCUT2D eigenvalue weighted by atomic mass is 79.9. The first-order valence-corrected chi connectivity index (χ1v) is 8.76. The van der Waals surface area contributed by atoms with Crippen LogP contribution in [0.3, 0.4) is 0 Å². The second kappa shape index (κ2) is 6.36. The van der Waals surface area contributed by atoms with E-state index in [-0.39, 0.29) is 10.7 Å². The molecule has 1 aliphatic carbocycles. The fourth-order valence-electron chi connectivity index (χ4n) is 2.19. The predicted octanol–water partition coefficient (Wildman–Crippen LogP) is 2.96.